The molecule has 1 aromatic carbocycles. The van der Waals surface area contributed by atoms with Crippen LogP contribution in [-0.2, 0) is 5.41 Å². The minimum absolute atomic E-state index is 0.0421. The molecule has 0 radical (unpaired) electrons. The number of hydrogen-bond donors (Lipinski definition) is 1. The summed E-state index contributed by atoms with van der Waals surface area (Å²) in [6.07, 6.45) is -4.88. The lowest BCUT2D eigenvalue weighted by atomic mass is 9.66. The topological polar surface area (TPSA) is 64.4 Å². The van der Waals surface area contributed by atoms with Crippen molar-refractivity contribution in [1.29, 1.82) is 0 Å². The van der Waals surface area contributed by atoms with Gasteiger partial charge in [-0.15, -0.1) is 0 Å². The number of nitrogens with one attached hydrogen (secondary N) is 1. The Balaban J connectivity index is 1.69. The Bertz CT molecular complexity index is 693. The molecule has 1 N–H and O–H groups in total. The van der Waals surface area contributed by atoms with Crippen LogP contribution in [0, 0.1) is 0 Å². The van der Waals surface area contributed by atoms with Gasteiger partial charge in [-0.05, 0) is 25.0 Å². The molecule has 1 aliphatic rings. The maximum atomic E-state index is 13.2. The SMILES string of the molecule is O=C(Nc1cc(C2(C(F)(F)F)CCC2)on1)Oc1ccccc1. The van der Waals surface area contributed by atoms with E-state index < -0.39 is 17.7 Å². The van der Waals surface area contributed by atoms with Gasteiger partial charge in [-0.3, -0.25) is 5.32 Å². The van der Waals surface area contributed by atoms with Gasteiger partial charge in [0.25, 0.3) is 0 Å². The summed E-state index contributed by atoms with van der Waals surface area (Å²) in [5.74, 6) is -0.0952. The van der Waals surface area contributed by atoms with Gasteiger partial charge in [-0.25, -0.2) is 4.79 Å². The zero-order valence-electron chi connectivity index (χ0n) is 11.9. The first kappa shape index (κ1) is 15.4. The van der Waals surface area contributed by atoms with E-state index >= 15 is 0 Å². The molecule has 23 heavy (non-hydrogen) atoms. The average molecular weight is 326 g/mol. The first-order valence-electron chi connectivity index (χ1n) is 6.98. The van der Waals surface area contributed by atoms with E-state index in [0.717, 1.165) is 6.07 Å². The summed E-state index contributed by atoms with van der Waals surface area (Å²) in [7, 11) is 0. The second kappa shape index (κ2) is 5.60. The fourth-order valence-electron chi connectivity index (χ4n) is 2.49. The molecular formula is C15H13F3N2O3. The van der Waals surface area contributed by atoms with Gasteiger partial charge < -0.3 is 9.26 Å². The van der Waals surface area contributed by atoms with Gasteiger partial charge in [0.05, 0.1) is 0 Å². The third-order valence-corrected chi connectivity index (χ3v) is 3.92. The van der Waals surface area contributed by atoms with Crippen LogP contribution in [0.5, 0.6) is 5.75 Å². The van der Waals surface area contributed by atoms with Crippen molar-refractivity contribution in [2.75, 3.05) is 5.32 Å². The average Bonchev–Trinajstić information content (AvgIpc) is 2.85. The van der Waals surface area contributed by atoms with Crippen LogP contribution in [0.3, 0.4) is 0 Å². The number of para-hydroxylation sites is 1. The maximum absolute atomic E-state index is 13.2. The Morgan fingerprint density at radius 3 is 2.52 bits per heavy atom. The van der Waals surface area contributed by atoms with Gasteiger partial charge in [-0.2, -0.15) is 13.2 Å². The largest absolute Gasteiger partial charge is 0.418 e. The highest BCUT2D eigenvalue weighted by atomic mass is 19.4. The normalized spacial score (nSPS) is 16.5. The molecular weight excluding hydrogens is 313 g/mol. The third kappa shape index (κ3) is 2.88. The highest BCUT2D eigenvalue weighted by Crippen LogP contribution is 2.54. The summed E-state index contributed by atoms with van der Waals surface area (Å²) in [5.41, 5.74) is -2.00. The number of aromatic nitrogens is 1. The van der Waals surface area contributed by atoms with E-state index in [2.05, 4.69) is 10.5 Å². The van der Waals surface area contributed by atoms with Crippen molar-refractivity contribution in [3.05, 3.63) is 42.2 Å². The van der Waals surface area contributed by atoms with Crippen LogP contribution in [0.1, 0.15) is 25.0 Å². The number of carbonyl (C=O) groups is 1. The van der Waals surface area contributed by atoms with Crippen LogP contribution in [0.25, 0.3) is 0 Å². The Hall–Kier alpha value is -2.51. The lowest BCUT2D eigenvalue weighted by Crippen LogP contribution is -2.47. The number of carbonyl (C=O) groups excluding carboxylic acids is 1. The molecule has 1 aromatic heterocycles. The number of nitrogens with zero attached hydrogens (tertiary/aromatic N) is 1. The van der Waals surface area contributed by atoms with Gasteiger partial charge in [0.2, 0.25) is 0 Å². The van der Waals surface area contributed by atoms with Gasteiger partial charge in [0, 0.05) is 6.07 Å². The molecule has 1 heterocycles. The van der Waals surface area contributed by atoms with Crippen LogP contribution >= 0.6 is 0 Å². The summed E-state index contributed by atoms with van der Waals surface area (Å²) in [6, 6.07) is 9.35. The van der Waals surface area contributed by atoms with Crippen molar-refractivity contribution < 1.29 is 27.2 Å². The van der Waals surface area contributed by atoms with Gasteiger partial charge >= 0.3 is 12.3 Å². The lowest BCUT2D eigenvalue weighted by Gasteiger charge is -2.40. The summed E-state index contributed by atoms with van der Waals surface area (Å²) < 4.78 is 49.4. The van der Waals surface area contributed by atoms with E-state index in [1.54, 1.807) is 30.3 Å². The number of amides is 1. The molecule has 0 saturated heterocycles. The molecule has 1 fully saturated rings. The van der Waals surface area contributed by atoms with E-state index in [-0.39, 0.29) is 24.4 Å². The predicted molar refractivity (Wildman–Crippen MR) is 74.2 cm³/mol. The quantitative estimate of drug-likeness (QED) is 0.915. The van der Waals surface area contributed by atoms with E-state index in [1.807, 2.05) is 0 Å². The molecule has 0 bridgehead atoms. The third-order valence-electron chi connectivity index (χ3n) is 3.92. The number of anilines is 1. The molecule has 3 rings (SSSR count). The molecule has 0 unspecified atom stereocenters. The number of halogens is 3. The second-order valence-corrected chi connectivity index (χ2v) is 5.34. The number of benzene rings is 1. The molecule has 1 aliphatic carbocycles. The summed E-state index contributed by atoms with van der Waals surface area (Å²) in [4.78, 5) is 11.7. The van der Waals surface area contributed by atoms with Crippen molar-refractivity contribution in [1.82, 2.24) is 5.16 Å². The fourth-order valence-corrected chi connectivity index (χ4v) is 2.49. The first-order valence-corrected chi connectivity index (χ1v) is 6.98. The summed E-state index contributed by atoms with van der Waals surface area (Å²) >= 11 is 0. The van der Waals surface area contributed by atoms with Crippen molar-refractivity contribution >= 4 is 11.9 Å². The molecule has 0 spiro atoms. The highest BCUT2D eigenvalue weighted by molar-refractivity contribution is 5.85. The van der Waals surface area contributed by atoms with Gasteiger partial charge in [0.15, 0.2) is 11.6 Å². The monoisotopic (exact) mass is 326 g/mol. The van der Waals surface area contributed by atoms with Crippen molar-refractivity contribution in [3.8, 4) is 5.75 Å². The van der Waals surface area contributed by atoms with Crippen LogP contribution in [0.15, 0.2) is 40.9 Å². The van der Waals surface area contributed by atoms with E-state index in [9.17, 15) is 18.0 Å². The van der Waals surface area contributed by atoms with Gasteiger partial charge in [-0.1, -0.05) is 29.8 Å². The van der Waals surface area contributed by atoms with Crippen LogP contribution < -0.4 is 10.1 Å². The molecule has 0 atom stereocenters. The van der Waals surface area contributed by atoms with Crippen LogP contribution in [-0.4, -0.2) is 17.4 Å². The van der Waals surface area contributed by atoms with E-state index in [0.29, 0.717) is 12.2 Å². The number of alkyl halides is 3. The zero-order chi connectivity index (χ0) is 16.5. The lowest BCUT2D eigenvalue weighted by molar-refractivity contribution is -0.218. The van der Waals surface area contributed by atoms with E-state index in [1.165, 1.54) is 0 Å². The van der Waals surface area contributed by atoms with Gasteiger partial charge in [0.1, 0.15) is 11.2 Å². The number of rotatable bonds is 3. The first-order chi connectivity index (χ1) is 10.9. The molecule has 0 aliphatic heterocycles. The van der Waals surface area contributed by atoms with Crippen molar-refractivity contribution in [2.45, 2.75) is 30.9 Å². The molecule has 1 amide bonds. The standard InChI is InChI=1S/C15H13F3N2O3/c16-15(17,18)14(7-4-8-14)11-9-12(20-23-11)19-13(21)22-10-5-2-1-3-6-10/h1-3,5-6,9H,4,7-8H2,(H,19,20,21). The van der Waals surface area contributed by atoms with Crippen molar-refractivity contribution in [2.24, 2.45) is 0 Å². The minimum atomic E-state index is -4.41. The Kier molecular flexibility index (Phi) is 3.75. The smallest absolute Gasteiger partial charge is 0.410 e. The predicted octanol–water partition coefficient (Wildman–Crippen LogP) is 4.27. The Labute approximate surface area is 129 Å². The summed E-state index contributed by atoms with van der Waals surface area (Å²) in [6.45, 7) is 0. The molecule has 1 saturated carbocycles. The zero-order valence-corrected chi connectivity index (χ0v) is 11.9. The summed E-state index contributed by atoms with van der Waals surface area (Å²) in [5, 5.41) is 5.72. The molecule has 5 nitrogen and oxygen atoms in total. The van der Waals surface area contributed by atoms with Crippen LogP contribution in [0.2, 0.25) is 0 Å². The Morgan fingerprint density at radius 2 is 1.96 bits per heavy atom. The molecule has 2 aromatic rings. The van der Waals surface area contributed by atoms with E-state index in [4.69, 9.17) is 9.26 Å². The number of ether oxygens (including phenoxy) is 1. The molecule has 8 heteroatoms. The highest BCUT2D eigenvalue weighted by Gasteiger charge is 2.61. The fraction of sp³-hybridized carbons (Fsp3) is 0.333. The maximum Gasteiger partial charge on any atom is 0.418 e. The second-order valence-electron chi connectivity index (χ2n) is 5.34. The number of hydrogen-bond acceptors (Lipinski definition) is 4. The molecule has 122 valence electrons. The van der Waals surface area contributed by atoms with Crippen LogP contribution in [0.4, 0.5) is 23.8 Å². The Morgan fingerprint density at radius 1 is 1.26 bits per heavy atom. The minimum Gasteiger partial charge on any atom is -0.410 e. The van der Waals surface area contributed by atoms with Crippen molar-refractivity contribution in [3.63, 3.8) is 0 Å².